The Balaban J connectivity index is 1.34. The fourth-order valence-electron chi connectivity index (χ4n) is 3.03. The Bertz CT molecular complexity index is 1030. The summed E-state index contributed by atoms with van der Waals surface area (Å²) in [6.07, 6.45) is 5.33. The molecule has 0 unspecified atom stereocenters. The van der Waals surface area contributed by atoms with Gasteiger partial charge >= 0.3 is 0 Å². The molecule has 0 bridgehead atoms. The highest BCUT2D eigenvalue weighted by molar-refractivity contribution is 6.02. The topological polar surface area (TPSA) is 105 Å². The lowest BCUT2D eigenvalue weighted by Gasteiger charge is -2.12. The number of hydrogen-bond donors (Lipinski definition) is 1. The minimum Gasteiger partial charge on any atom is -0.323 e. The molecule has 9 heteroatoms. The van der Waals surface area contributed by atoms with Crippen LogP contribution in [-0.2, 0) is 9.59 Å². The number of benzene rings is 1. The Morgan fingerprint density at radius 2 is 1.93 bits per heavy atom. The molecule has 0 saturated heterocycles. The van der Waals surface area contributed by atoms with Crippen LogP contribution in [-0.4, -0.2) is 48.8 Å². The summed E-state index contributed by atoms with van der Waals surface area (Å²) in [5, 5.41) is 12.7. The number of carbonyl (C=O) groups is 2. The molecule has 0 atom stereocenters. The second-order valence-corrected chi connectivity index (χ2v) is 6.44. The normalized spacial score (nSPS) is 13.2. The maximum Gasteiger partial charge on any atom is 0.243 e. The van der Waals surface area contributed by atoms with E-state index in [1.54, 1.807) is 18.3 Å². The number of amides is 2. The molecule has 9 nitrogen and oxygen atoms in total. The van der Waals surface area contributed by atoms with Crippen LogP contribution in [0.4, 0.5) is 5.69 Å². The highest BCUT2D eigenvalue weighted by atomic mass is 16.2. The van der Waals surface area contributed by atoms with Gasteiger partial charge in [0.15, 0.2) is 5.82 Å². The zero-order valence-electron chi connectivity index (χ0n) is 15.6. The number of hydrogen-bond acceptors (Lipinski definition) is 6. The summed E-state index contributed by atoms with van der Waals surface area (Å²) >= 11 is 0. The predicted molar refractivity (Wildman–Crippen MR) is 106 cm³/mol. The summed E-state index contributed by atoms with van der Waals surface area (Å²) in [5.41, 5.74) is 2.40. The first-order chi connectivity index (χ1) is 14.2. The van der Waals surface area contributed by atoms with E-state index >= 15 is 0 Å². The van der Waals surface area contributed by atoms with Gasteiger partial charge in [-0.15, -0.1) is 0 Å². The van der Waals surface area contributed by atoms with Crippen LogP contribution >= 0.6 is 0 Å². The second kappa shape index (κ2) is 8.42. The second-order valence-electron chi connectivity index (χ2n) is 6.44. The summed E-state index contributed by atoms with van der Waals surface area (Å²) in [6.45, 7) is 0.531. The molecule has 0 aliphatic carbocycles. The van der Waals surface area contributed by atoms with Crippen molar-refractivity contribution in [1.29, 1.82) is 0 Å². The van der Waals surface area contributed by atoms with Crippen molar-refractivity contribution in [2.24, 2.45) is 5.10 Å². The molecule has 1 aliphatic heterocycles. The van der Waals surface area contributed by atoms with Crippen LogP contribution in [0.25, 0.3) is 5.82 Å². The van der Waals surface area contributed by atoms with E-state index in [0.29, 0.717) is 24.5 Å². The van der Waals surface area contributed by atoms with Gasteiger partial charge < -0.3 is 5.32 Å². The van der Waals surface area contributed by atoms with Gasteiger partial charge in [0.05, 0.1) is 17.9 Å². The molecule has 0 radical (unpaired) electrons. The molecule has 146 valence electrons. The quantitative estimate of drug-likeness (QED) is 0.694. The third-order valence-electron chi connectivity index (χ3n) is 4.46. The smallest absolute Gasteiger partial charge is 0.243 e. The summed E-state index contributed by atoms with van der Waals surface area (Å²) in [5.74, 6) is 0.00858. The first-order valence-electron chi connectivity index (χ1n) is 9.24. The first kappa shape index (κ1) is 18.5. The molecule has 4 rings (SSSR count). The fourth-order valence-corrected chi connectivity index (χ4v) is 3.03. The average Bonchev–Trinajstić information content (AvgIpc) is 3.45. The maximum absolute atomic E-state index is 12.4. The van der Waals surface area contributed by atoms with Crippen molar-refractivity contribution in [1.82, 2.24) is 24.8 Å². The van der Waals surface area contributed by atoms with E-state index in [-0.39, 0.29) is 24.7 Å². The molecule has 1 aliphatic rings. The average molecular weight is 389 g/mol. The molecular formula is C20H19N7O2. The third-order valence-corrected chi connectivity index (χ3v) is 4.46. The van der Waals surface area contributed by atoms with Crippen LogP contribution in [0, 0.1) is 0 Å². The number of carbonyl (C=O) groups excluding carboxylic acids is 2. The Labute approximate surface area is 167 Å². The maximum atomic E-state index is 12.4. The van der Waals surface area contributed by atoms with E-state index in [9.17, 15) is 9.59 Å². The van der Waals surface area contributed by atoms with E-state index < -0.39 is 0 Å². The Morgan fingerprint density at radius 3 is 2.72 bits per heavy atom. The van der Waals surface area contributed by atoms with Crippen LogP contribution < -0.4 is 5.32 Å². The lowest BCUT2D eigenvalue weighted by Crippen LogP contribution is -2.25. The van der Waals surface area contributed by atoms with Crippen LogP contribution in [0.3, 0.4) is 0 Å². The van der Waals surface area contributed by atoms with Gasteiger partial charge in [-0.25, -0.2) is 19.7 Å². The minimum atomic E-state index is -0.279. The Hall–Kier alpha value is -3.88. The highest BCUT2D eigenvalue weighted by Crippen LogP contribution is 2.17. The largest absolute Gasteiger partial charge is 0.323 e. The van der Waals surface area contributed by atoms with Gasteiger partial charge in [0, 0.05) is 25.5 Å². The lowest BCUT2D eigenvalue weighted by atomic mass is 10.1. The van der Waals surface area contributed by atoms with Gasteiger partial charge in [-0.3, -0.25) is 9.59 Å². The van der Waals surface area contributed by atoms with Crippen molar-refractivity contribution in [3.8, 4) is 5.82 Å². The van der Waals surface area contributed by atoms with E-state index in [1.165, 1.54) is 22.3 Å². The number of rotatable bonds is 6. The number of hydrazone groups is 1. The van der Waals surface area contributed by atoms with E-state index in [1.807, 2.05) is 30.3 Å². The van der Waals surface area contributed by atoms with Crippen molar-refractivity contribution in [3.05, 3.63) is 66.9 Å². The number of nitrogens with zero attached hydrogens (tertiary/aromatic N) is 6. The van der Waals surface area contributed by atoms with Gasteiger partial charge in [0.1, 0.15) is 12.7 Å². The third kappa shape index (κ3) is 4.34. The molecule has 3 aromatic rings. The standard InChI is InChI=1S/C20H19N7O2/c28-18(24-17-7-4-11-22-20(17)27-14-21-13-23-27)8-9-19(29)26-12-10-16(25-26)15-5-2-1-3-6-15/h1-7,11,13-14H,8-10,12H2,(H,24,28). The molecule has 0 spiro atoms. The van der Waals surface area contributed by atoms with E-state index in [4.69, 9.17) is 0 Å². The van der Waals surface area contributed by atoms with Gasteiger partial charge in [-0.2, -0.15) is 10.2 Å². The van der Waals surface area contributed by atoms with Crippen molar-refractivity contribution in [2.75, 3.05) is 11.9 Å². The van der Waals surface area contributed by atoms with Crippen molar-refractivity contribution in [3.63, 3.8) is 0 Å². The van der Waals surface area contributed by atoms with Crippen LogP contribution in [0.5, 0.6) is 0 Å². The Kier molecular flexibility index (Phi) is 5.37. The molecular weight excluding hydrogens is 370 g/mol. The van der Waals surface area contributed by atoms with Gasteiger partial charge in [-0.1, -0.05) is 30.3 Å². The first-order valence-corrected chi connectivity index (χ1v) is 9.24. The van der Waals surface area contributed by atoms with Crippen molar-refractivity contribution < 1.29 is 9.59 Å². The summed E-state index contributed by atoms with van der Waals surface area (Å²) in [4.78, 5) is 32.9. The number of anilines is 1. The molecule has 2 amide bonds. The van der Waals surface area contributed by atoms with Crippen LogP contribution in [0.15, 0.2) is 66.4 Å². The van der Waals surface area contributed by atoms with Gasteiger partial charge in [-0.05, 0) is 17.7 Å². The zero-order valence-corrected chi connectivity index (χ0v) is 15.6. The highest BCUT2D eigenvalue weighted by Gasteiger charge is 2.22. The SMILES string of the molecule is O=C(CCC(=O)N1CCC(c2ccccc2)=N1)Nc1cccnc1-n1cncn1. The molecule has 2 aromatic heterocycles. The monoisotopic (exact) mass is 389 g/mol. The van der Waals surface area contributed by atoms with Gasteiger partial charge in [0.2, 0.25) is 11.8 Å². The van der Waals surface area contributed by atoms with Gasteiger partial charge in [0.25, 0.3) is 0 Å². The molecule has 3 heterocycles. The molecule has 1 aromatic carbocycles. The minimum absolute atomic E-state index is 0.0528. The lowest BCUT2D eigenvalue weighted by molar-refractivity contribution is -0.132. The van der Waals surface area contributed by atoms with E-state index in [0.717, 1.165) is 11.3 Å². The molecule has 29 heavy (non-hydrogen) atoms. The summed E-state index contributed by atoms with van der Waals surface area (Å²) in [6, 6.07) is 13.2. The molecule has 0 fully saturated rings. The predicted octanol–water partition coefficient (Wildman–Crippen LogP) is 2.02. The molecule has 1 N–H and O–H groups in total. The van der Waals surface area contributed by atoms with E-state index in [2.05, 4.69) is 25.5 Å². The summed E-state index contributed by atoms with van der Waals surface area (Å²) < 4.78 is 1.46. The van der Waals surface area contributed by atoms with Crippen molar-refractivity contribution in [2.45, 2.75) is 19.3 Å². The zero-order chi connectivity index (χ0) is 20.1. The number of nitrogens with one attached hydrogen (secondary N) is 1. The van der Waals surface area contributed by atoms with Crippen LogP contribution in [0.2, 0.25) is 0 Å². The molecule has 0 saturated carbocycles. The fraction of sp³-hybridized carbons (Fsp3) is 0.200. The number of pyridine rings is 1. The van der Waals surface area contributed by atoms with Crippen molar-refractivity contribution >= 4 is 23.2 Å². The number of aromatic nitrogens is 4. The Morgan fingerprint density at radius 1 is 1.07 bits per heavy atom. The summed E-state index contributed by atoms with van der Waals surface area (Å²) in [7, 11) is 0. The van der Waals surface area contributed by atoms with Crippen LogP contribution in [0.1, 0.15) is 24.8 Å².